The first kappa shape index (κ1) is 17.4. The number of ether oxygens (including phenoxy) is 3. The zero-order chi connectivity index (χ0) is 16.7. The zero-order valence-corrected chi connectivity index (χ0v) is 14.5. The number of hydrogen-bond donors (Lipinski definition) is 0. The van der Waals surface area contributed by atoms with Crippen LogP contribution in [0, 0.1) is 27.7 Å². The van der Waals surface area contributed by atoms with E-state index in [1.54, 1.807) is 0 Å². The molecule has 0 fully saturated rings. The van der Waals surface area contributed by atoms with Crippen LogP contribution in [-0.4, -0.2) is 26.4 Å². The molecule has 3 heteroatoms. The van der Waals surface area contributed by atoms with E-state index in [2.05, 4.69) is 39.8 Å². The van der Waals surface area contributed by atoms with Gasteiger partial charge in [0, 0.05) is 0 Å². The monoisotopic (exact) mass is 314 g/mol. The van der Waals surface area contributed by atoms with Gasteiger partial charge in [-0.25, -0.2) is 0 Å². The van der Waals surface area contributed by atoms with Crippen molar-refractivity contribution in [3.63, 3.8) is 0 Å². The predicted octanol–water partition coefficient (Wildman–Crippen LogP) is 4.39. The summed E-state index contributed by atoms with van der Waals surface area (Å²) in [6.45, 7) is 10.5. The molecule has 0 aliphatic heterocycles. The summed E-state index contributed by atoms with van der Waals surface area (Å²) in [4.78, 5) is 0. The van der Waals surface area contributed by atoms with E-state index in [4.69, 9.17) is 14.2 Å². The van der Waals surface area contributed by atoms with Gasteiger partial charge in [-0.05, 0) is 74.2 Å². The summed E-state index contributed by atoms with van der Waals surface area (Å²) in [6, 6.07) is 12.4. The summed E-state index contributed by atoms with van der Waals surface area (Å²) >= 11 is 0. The lowest BCUT2D eigenvalue weighted by Gasteiger charge is -2.10. The van der Waals surface area contributed by atoms with Crippen molar-refractivity contribution in [1.82, 2.24) is 0 Å². The van der Waals surface area contributed by atoms with E-state index in [0.29, 0.717) is 26.4 Å². The van der Waals surface area contributed by atoms with Crippen molar-refractivity contribution in [3.8, 4) is 11.5 Å². The van der Waals surface area contributed by atoms with E-state index in [9.17, 15) is 0 Å². The minimum absolute atomic E-state index is 0.548. The van der Waals surface area contributed by atoms with Crippen molar-refractivity contribution in [1.29, 1.82) is 0 Å². The fraction of sp³-hybridized carbons (Fsp3) is 0.400. The second-order valence-electron chi connectivity index (χ2n) is 5.96. The van der Waals surface area contributed by atoms with Crippen LogP contribution in [0.15, 0.2) is 36.4 Å². The van der Waals surface area contributed by atoms with Gasteiger partial charge in [0.2, 0.25) is 0 Å². The average Bonchev–Trinajstić information content (AvgIpc) is 2.44. The van der Waals surface area contributed by atoms with Gasteiger partial charge < -0.3 is 14.2 Å². The highest BCUT2D eigenvalue weighted by Gasteiger charge is 1.99. The lowest BCUT2D eigenvalue weighted by molar-refractivity contribution is 0.0764. The molecule has 2 rings (SSSR count). The third-order valence-electron chi connectivity index (χ3n) is 3.38. The summed E-state index contributed by atoms with van der Waals surface area (Å²) in [5.74, 6) is 1.80. The molecule has 0 aromatic heterocycles. The van der Waals surface area contributed by atoms with E-state index < -0.39 is 0 Å². The molecule has 3 nitrogen and oxygen atoms in total. The third kappa shape index (κ3) is 6.33. The van der Waals surface area contributed by atoms with Crippen molar-refractivity contribution in [2.75, 3.05) is 26.4 Å². The number of benzene rings is 2. The highest BCUT2D eigenvalue weighted by Crippen LogP contribution is 2.17. The van der Waals surface area contributed by atoms with Crippen LogP contribution >= 0.6 is 0 Å². The Morgan fingerprint density at radius 2 is 0.870 bits per heavy atom. The predicted molar refractivity (Wildman–Crippen MR) is 93.6 cm³/mol. The van der Waals surface area contributed by atoms with E-state index in [1.807, 2.05) is 24.3 Å². The molecular weight excluding hydrogens is 288 g/mol. The zero-order valence-electron chi connectivity index (χ0n) is 14.5. The molecule has 0 bridgehead atoms. The molecule has 0 N–H and O–H groups in total. The quantitative estimate of drug-likeness (QED) is 0.676. The van der Waals surface area contributed by atoms with Crippen LogP contribution in [0.5, 0.6) is 11.5 Å². The first-order valence-corrected chi connectivity index (χ1v) is 8.03. The Kier molecular flexibility index (Phi) is 6.48. The summed E-state index contributed by atoms with van der Waals surface area (Å²) in [5.41, 5.74) is 4.84. The van der Waals surface area contributed by atoms with Gasteiger partial charge in [-0.15, -0.1) is 0 Å². The molecule has 2 aromatic carbocycles. The second-order valence-corrected chi connectivity index (χ2v) is 5.96. The smallest absolute Gasteiger partial charge is 0.119 e. The van der Waals surface area contributed by atoms with E-state index >= 15 is 0 Å². The van der Waals surface area contributed by atoms with Crippen molar-refractivity contribution in [3.05, 3.63) is 58.7 Å². The van der Waals surface area contributed by atoms with Crippen molar-refractivity contribution >= 4 is 0 Å². The Hall–Kier alpha value is -2.00. The van der Waals surface area contributed by atoms with Gasteiger partial charge >= 0.3 is 0 Å². The molecule has 0 radical (unpaired) electrons. The molecule has 0 aliphatic rings. The van der Waals surface area contributed by atoms with Gasteiger partial charge in [-0.2, -0.15) is 0 Å². The van der Waals surface area contributed by atoms with E-state index in [-0.39, 0.29) is 0 Å². The van der Waals surface area contributed by atoms with E-state index in [0.717, 1.165) is 11.5 Å². The summed E-state index contributed by atoms with van der Waals surface area (Å²) in [6.07, 6.45) is 0. The molecule has 0 saturated heterocycles. The van der Waals surface area contributed by atoms with Gasteiger partial charge in [0.05, 0.1) is 13.2 Å². The lowest BCUT2D eigenvalue weighted by atomic mass is 10.1. The highest BCUT2D eigenvalue weighted by atomic mass is 16.5. The Morgan fingerprint density at radius 1 is 0.522 bits per heavy atom. The summed E-state index contributed by atoms with van der Waals surface area (Å²) < 4.78 is 16.9. The van der Waals surface area contributed by atoms with E-state index in [1.165, 1.54) is 22.3 Å². The number of hydrogen-bond acceptors (Lipinski definition) is 3. The molecule has 0 aliphatic carbocycles. The SMILES string of the molecule is Cc1cc(C)cc(OCCOCCOc2cc(C)cc(C)c2)c1. The molecule has 124 valence electrons. The van der Waals surface area contributed by atoms with Gasteiger partial charge in [-0.1, -0.05) is 12.1 Å². The van der Waals surface area contributed by atoms with Gasteiger partial charge in [0.1, 0.15) is 24.7 Å². The number of rotatable bonds is 8. The fourth-order valence-corrected chi connectivity index (χ4v) is 2.57. The molecule has 0 spiro atoms. The maximum Gasteiger partial charge on any atom is 0.119 e. The van der Waals surface area contributed by atoms with Gasteiger partial charge in [0.15, 0.2) is 0 Å². The Bertz CT molecular complexity index is 539. The lowest BCUT2D eigenvalue weighted by Crippen LogP contribution is -2.12. The number of aryl methyl sites for hydroxylation is 4. The second kappa shape index (κ2) is 8.59. The van der Waals surface area contributed by atoms with Crippen LogP contribution in [0.1, 0.15) is 22.3 Å². The largest absolute Gasteiger partial charge is 0.491 e. The van der Waals surface area contributed by atoms with Gasteiger partial charge in [0.25, 0.3) is 0 Å². The van der Waals surface area contributed by atoms with Crippen molar-refractivity contribution in [2.45, 2.75) is 27.7 Å². The maximum absolute atomic E-state index is 5.70. The van der Waals surface area contributed by atoms with Crippen molar-refractivity contribution in [2.24, 2.45) is 0 Å². The van der Waals surface area contributed by atoms with Crippen LogP contribution in [-0.2, 0) is 4.74 Å². The maximum atomic E-state index is 5.70. The van der Waals surface area contributed by atoms with Crippen molar-refractivity contribution < 1.29 is 14.2 Å². The molecule has 0 unspecified atom stereocenters. The first-order valence-electron chi connectivity index (χ1n) is 8.03. The first-order chi connectivity index (χ1) is 11.0. The molecule has 0 heterocycles. The highest BCUT2D eigenvalue weighted by molar-refractivity contribution is 5.33. The molecule has 0 saturated carbocycles. The van der Waals surface area contributed by atoms with Crippen LogP contribution in [0.25, 0.3) is 0 Å². The standard InChI is InChI=1S/C20H26O3/c1-15-9-16(2)12-19(11-15)22-7-5-21-6-8-23-20-13-17(3)10-18(4)14-20/h9-14H,5-8H2,1-4H3. The van der Waals surface area contributed by atoms with Crippen LogP contribution in [0.4, 0.5) is 0 Å². The summed E-state index contributed by atoms with van der Waals surface area (Å²) in [5, 5.41) is 0. The molecular formula is C20H26O3. The third-order valence-corrected chi connectivity index (χ3v) is 3.38. The molecule has 2 aromatic rings. The Morgan fingerprint density at radius 3 is 1.22 bits per heavy atom. The average molecular weight is 314 g/mol. The molecule has 23 heavy (non-hydrogen) atoms. The van der Waals surface area contributed by atoms with Crippen LogP contribution < -0.4 is 9.47 Å². The van der Waals surface area contributed by atoms with Gasteiger partial charge in [-0.3, -0.25) is 0 Å². The fourth-order valence-electron chi connectivity index (χ4n) is 2.57. The topological polar surface area (TPSA) is 27.7 Å². The Labute approximate surface area is 139 Å². The minimum Gasteiger partial charge on any atom is -0.491 e. The van der Waals surface area contributed by atoms with Crippen LogP contribution in [0.3, 0.4) is 0 Å². The summed E-state index contributed by atoms with van der Waals surface area (Å²) in [7, 11) is 0. The normalized spacial score (nSPS) is 10.6. The Balaban J connectivity index is 1.60. The van der Waals surface area contributed by atoms with Crippen LogP contribution in [0.2, 0.25) is 0 Å². The minimum atomic E-state index is 0.548. The molecule has 0 atom stereocenters. The molecule has 0 amide bonds.